The Hall–Kier alpha value is -1.38. The average Bonchev–Trinajstić information content (AvgIpc) is 2.39. The largest absolute Gasteiger partial charge is 0.486 e. The summed E-state index contributed by atoms with van der Waals surface area (Å²) in [6, 6.07) is 6.27. The van der Waals surface area contributed by atoms with E-state index in [4.69, 9.17) is 9.47 Å². The molecule has 1 saturated heterocycles. The third kappa shape index (κ3) is 1.82. The van der Waals surface area contributed by atoms with E-state index in [-0.39, 0.29) is 0 Å². The van der Waals surface area contributed by atoms with Gasteiger partial charge in [0, 0.05) is 24.8 Å². The molecule has 0 saturated carbocycles. The van der Waals surface area contributed by atoms with Crippen molar-refractivity contribution < 1.29 is 9.47 Å². The van der Waals surface area contributed by atoms with Gasteiger partial charge in [0.1, 0.15) is 13.2 Å². The molecule has 0 aromatic heterocycles. The van der Waals surface area contributed by atoms with Gasteiger partial charge in [0.05, 0.1) is 0 Å². The van der Waals surface area contributed by atoms with Crippen LogP contribution in [0.5, 0.6) is 11.5 Å². The van der Waals surface area contributed by atoms with E-state index in [1.54, 1.807) is 0 Å². The van der Waals surface area contributed by atoms with E-state index in [2.05, 4.69) is 17.0 Å². The Kier molecular flexibility index (Phi) is 2.60. The molecule has 0 unspecified atom stereocenters. The molecule has 0 aliphatic carbocycles. The normalized spacial score (nSPS) is 19.6. The van der Waals surface area contributed by atoms with E-state index < -0.39 is 0 Å². The van der Waals surface area contributed by atoms with Crippen molar-refractivity contribution in [2.75, 3.05) is 31.2 Å². The van der Waals surface area contributed by atoms with Gasteiger partial charge in [-0.1, -0.05) is 0 Å². The molecular formula is C13H17NO2. The molecule has 3 heteroatoms. The number of fused-ring (bicyclic) bond motifs is 1. The summed E-state index contributed by atoms with van der Waals surface area (Å²) >= 11 is 0. The second-order valence-corrected chi connectivity index (χ2v) is 4.38. The first kappa shape index (κ1) is 9.82. The van der Waals surface area contributed by atoms with Crippen LogP contribution in [-0.4, -0.2) is 26.3 Å². The topological polar surface area (TPSA) is 21.7 Å². The molecule has 0 atom stereocenters. The molecule has 2 aliphatic rings. The first-order chi connectivity index (χ1) is 7.93. The van der Waals surface area contributed by atoms with Gasteiger partial charge in [-0.3, -0.25) is 0 Å². The lowest BCUT2D eigenvalue weighted by atomic mass is 10.1. The zero-order valence-corrected chi connectivity index (χ0v) is 9.45. The summed E-state index contributed by atoms with van der Waals surface area (Å²) in [4.78, 5) is 2.43. The lowest BCUT2D eigenvalue weighted by molar-refractivity contribution is 0.171. The molecule has 2 aliphatic heterocycles. The van der Waals surface area contributed by atoms with Crippen molar-refractivity contribution in [3.8, 4) is 11.5 Å². The van der Waals surface area contributed by atoms with E-state index >= 15 is 0 Å². The Morgan fingerprint density at radius 1 is 0.875 bits per heavy atom. The molecule has 16 heavy (non-hydrogen) atoms. The van der Waals surface area contributed by atoms with E-state index in [9.17, 15) is 0 Å². The van der Waals surface area contributed by atoms with Crippen LogP contribution in [0, 0.1) is 0 Å². The molecule has 3 rings (SSSR count). The van der Waals surface area contributed by atoms with Crippen molar-refractivity contribution in [2.24, 2.45) is 0 Å². The summed E-state index contributed by atoms with van der Waals surface area (Å²) in [6.07, 6.45) is 3.96. The molecule has 0 N–H and O–H groups in total. The van der Waals surface area contributed by atoms with Gasteiger partial charge in [-0.05, 0) is 31.4 Å². The average molecular weight is 219 g/mol. The maximum absolute atomic E-state index is 5.60. The van der Waals surface area contributed by atoms with Crippen LogP contribution >= 0.6 is 0 Å². The van der Waals surface area contributed by atoms with Gasteiger partial charge < -0.3 is 14.4 Å². The minimum atomic E-state index is 0.663. The molecule has 1 aromatic carbocycles. The predicted octanol–water partition coefficient (Wildman–Crippen LogP) is 2.45. The van der Waals surface area contributed by atoms with Gasteiger partial charge in [0.15, 0.2) is 11.5 Å². The monoisotopic (exact) mass is 219 g/mol. The van der Waals surface area contributed by atoms with Crippen LogP contribution in [0.1, 0.15) is 19.3 Å². The van der Waals surface area contributed by atoms with Gasteiger partial charge in [0.25, 0.3) is 0 Å². The van der Waals surface area contributed by atoms with Gasteiger partial charge in [0.2, 0.25) is 0 Å². The maximum Gasteiger partial charge on any atom is 0.163 e. The zero-order valence-electron chi connectivity index (χ0n) is 9.45. The van der Waals surface area contributed by atoms with Crippen molar-refractivity contribution >= 4 is 5.69 Å². The van der Waals surface area contributed by atoms with Crippen molar-refractivity contribution in [1.29, 1.82) is 0 Å². The summed E-state index contributed by atoms with van der Waals surface area (Å²) in [7, 11) is 0. The van der Waals surface area contributed by atoms with E-state index in [0.29, 0.717) is 13.2 Å². The summed E-state index contributed by atoms with van der Waals surface area (Å²) in [5, 5.41) is 0. The second kappa shape index (κ2) is 4.24. The zero-order chi connectivity index (χ0) is 10.8. The fourth-order valence-electron chi connectivity index (χ4n) is 2.38. The summed E-state index contributed by atoms with van der Waals surface area (Å²) in [5.41, 5.74) is 1.27. The van der Waals surface area contributed by atoms with Crippen LogP contribution in [0.3, 0.4) is 0 Å². The smallest absolute Gasteiger partial charge is 0.163 e. The fourth-order valence-corrected chi connectivity index (χ4v) is 2.38. The van der Waals surface area contributed by atoms with Crippen LogP contribution in [0.4, 0.5) is 5.69 Å². The number of benzene rings is 1. The highest BCUT2D eigenvalue weighted by atomic mass is 16.6. The molecule has 86 valence electrons. The third-order valence-corrected chi connectivity index (χ3v) is 3.25. The van der Waals surface area contributed by atoms with Crippen molar-refractivity contribution in [3.05, 3.63) is 18.2 Å². The summed E-state index contributed by atoms with van der Waals surface area (Å²) in [5.74, 6) is 1.78. The minimum Gasteiger partial charge on any atom is -0.486 e. The lowest BCUT2D eigenvalue weighted by Crippen LogP contribution is -2.29. The van der Waals surface area contributed by atoms with Crippen LogP contribution in [0.2, 0.25) is 0 Å². The maximum atomic E-state index is 5.60. The molecular weight excluding hydrogens is 202 g/mol. The Balaban J connectivity index is 1.84. The fraction of sp³-hybridized carbons (Fsp3) is 0.538. The predicted molar refractivity (Wildman–Crippen MR) is 63.5 cm³/mol. The highest BCUT2D eigenvalue weighted by molar-refractivity contribution is 5.56. The van der Waals surface area contributed by atoms with E-state index in [1.165, 1.54) is 38.0 Å². The number of hydrogen-bond donors (Lipinski definition) is 0. The highest BCUT2D eigenvalue weighted by Gasteiger charge is 2.16. The first-order valence-electron chi connectivity index (χ1n) is 6.08. The van der Waals surface area contributed by atoms with Crippen LogP contribution in [0.15, 0.2) is 18.2 Å². The summed E-state index contributed by atoms with van der Waals surface area (Å²) in [6.45, 7) is 3.66. The van der Waals surface area contributed by atoms with Crippen molar-refractivity contribution in [2.45, 2.75) is 19.3 Å². The number of piperidine rings is 1. The van der Waals surface area contributed by atoms with Gasteiger partial charge >= 0.3 is 0 Å². The number of nitrogens with zero attached hydrogens (tertiary/aromatic N) is 1. The van der Waals surface area contributed by atoms with E-state index in [0.717, 1.165) is 11.5 Å². The molecule has 0 bridgehead atoms. The van der Waals surface area contributed by atoms with E-state index in [1.807, 2.05) is 6.07 Å². The number of ether oxygens (including phenoxy) is 2. The van der Waals surface area contributed by atoms with Crippen LogP contribution < -0.4 is 14.4 Å². The second-order valence-electron chi connectivity index (χ2n) is 4.38. The van der Waals surface area contributed by atoms with Gasteiger partial charge in [-0.25, -0.2) is 0 Å². The number of rotatable bonds is 1. The molecule has 1 fully saturated rings. The molecule has 2 heterocycles. The molecule has 3 nitrogen and oxygen atoms in total. The number of hydrogen-bond acceptors (Lipinski definition) is 3. The lowest BCUT2D eigenvalue weighted by Gasteiger charge is -2.30. The first-order valence-corrected chi connectivity index (χ1v) is 6.08. The minimum absolute atomic E-state index is 0.663. The van der Waals surface area contributed by atoms with Gasteiger partial charge in [-0.2, -0.15) is 0 Å². The Morgan fingerprint density at radius 3 is 2.44 bits per heavy atom. The van der Waals surface area contributed by atoms with Crippen molar-refractivity contribution in [3.63, 3.8) is 0 Å². The summed E-state index contributed by atoms with van der Waals surface area (Å²) < 4.78 is 11.1. The standard InChI is InChI=1S/C13H17NO2/c1-2-6-14(7-3-1)11-4-5-12-13(10-11)16-9-8-15-12/h4-5,10H,1-3,6-9H2. The third-order valence-electron chi connectivity index (χ3n) is 3.25. The van der Waals surface area contributed by atoms with Gasteiger partial charge in [-0.15, -0.1) is 0 Å². The molecule has 0 amide bonds. The molecule has 0 spiro atoms. The molecule has 0 radical (unpaired) electrons. The Bertz CT molecular complexity index is 372. The van der Waals surface area contributed by atoms with Crippen molar-refractivity contribution in [1.82, 2.24) is 0 Å². The molecule has 1 aromatic rings. The Labute approximate surface area is 96.0 Å². The van der Waals surface area contributed by atoms with Crippen LogP contribution in [-0.2, 0) is 0 Å². The Morgan fingerprint density at radius 2 is 1.62 bits per heavy atom. The SMILES string of the molecule is c1cc2c(cc1N1CCCCC1)OCCO2. The number of anilines is 1. The van der Waals surface area contributed by atoms with Crippen LogP contribution in [0.25, 0.3) is 0 Å². The highest BCUT2D eigenvalue weighted by Crippen LogP contribution is 2.34. The quantitative estimate of drug-likeness (QED) is 0.724.